The molecule has 0 aliphatic carbocycles. The third kappa shape index (κ3) is 2.98. The Morgan fingerprint density at radius 1 is 1.14 bits per heavy atom. The van der Waals surface area contributed by atoms with Crippen LogP contribution >= 0.6 is 15.9 Å². The first-order valence-corrected chi connectivity index (χ1v) is 8.14. The number of fused-ring (bicyclic) bond motifs is 2. The van der Waals surface area contributed by atoms with E-state index in [-0.39, 0.29) is 30.3 Å². The Morgan fingerprint density at radius 3 is 2.24 bits per heavy atom. The molecule has 2 aliphatic rings. The van der Waals surface area contributed by atoms with Crippen LogP contribution in [-0.2, 0) is 4.79 Å². The lowest BCUT2D eigenvalue weighted by molar-refractivity contribution is -0.138. The van der Waals surface area contributed by atoms with Crippen molar-refractivity contribution in [1.29, 1.82) is 0 Å². The molecule has 5 heteroatoms. The molecule has 4 nitrogen and oxygen atoms in total. The van der Waals surface area contributed by atoms with Crippen molar-refractivity contribution in [3.63, 3.8) is 0 Å². The molecule has 2 fully saturated rings. The van der Waals surface area contributed by atoms with Crippen molar-refractivity contribution in [3.05, 3.63) is 34.3 Å². The molecule has 3 rings (SSSR count). The molecule has 2 unspecified atom stereocenters. The molecule has 21 heavy (non-hydrogen) atoms. The molecule has 112 valence electrons. The van der Waals surface area contributed by atoms with Gasteiger partial charge in [-0.05, 0) is 55.9 Å². The van der Waals surface area contributed by atoms with E-state index < -0.39 is 5.97 Å². The van der Waals surface area contributed by atoms with Gasteiger partial charge in [-0.3, -0.25) is 9.59 Å². The lowest BCUT2D eigenvalue weighted by Gasteiger charge is -2.38. The first-order valence-electron chi connectivity index (χ1n) is 7.34. The number of halogens is 1. The van der Waals surface area contributed by atoms with Crippen molar-refractivity contribution in [2.75, 3.05) is 0 Å². The molecule has 0 radical (unpaired) electrons. The zero-order chi connectivity index (χ0) is 15.0. The largest absolute Gasteiger partial charge is 0.481 e. The van der Waals surface area contributed by atoms with Gasteiger partial charge in [-0.25, -0.2) is 0 Å². The van der Waals surface area contributed by atoms with Gasteiger partial charge in [-0.2, -0.15) is 0 Å². The van der Waals surface area contributed by atoms with Crippen molar-refractivity contribution in [3.8, 4) is 0 Å². The van der Waals surface area contributed by atoms with Crippen LogP contribution < -0.4 is 0 Å². The standard InChI is InChI=1S/C16H18BrNO3/c17-12-3-1-11(2-4-12)16(21)18-13-5-6-14(18)8-10(7-13)9-15(19)20/h1-4,10,13-14H,5-9H2,(H,19,20). The quantitative estimate of drug-likeness (QED) is 0.908. The molecular weight excluding hydrogens is 334 g/mol. The Labute approximate surface area is 132 Å². The molecule has 2 bridgehead atoms. The minimum atomic E-state index is -0.730. The van der Waals surface area contributed by atoms with Crippen LogP contribution in [0.5, 0.6) is 0 Å². The highest BCUT2D eigenvalue weighted by molar-refractivity contribution is 9.10. The van der Waals surface area contributed by atoms with Gasteiger partial charge in [-0.1, -0.05) is 15.9 Å². The molecule has 1 amide bonds. The molecule has 1 aromatic carbocycles. The van der Waals surface area contributed by atoms with Gasteiger partial charge in [0.15, 0.2) is 0 Å². The predicted octanol–water partition coefficient (Wildman–Crippen LogP) is 3.31. The van der Waals surface area contributed by atoms with E-state index in [0.29, 0.717) is 5.56 Å². The number of hydrogen-bond donors (Lipinski definition) is 1. The lowest BCUT2D eigenvalue weighted by atomic mass is 9.88. The van der Waals surface area contributed by atoms with Gasteiger partial charge < -0.3 is 10.0 Å². The highest BCUT2D eigenvalue weighted by Gasteiger charge is 2.43. The van der Waals surface area contributed by atoms with E-state index in [2.05, 4.69) is 15.9 Å². The zero-order valence-corrected chi connectivity index (χ0v) is 13.3. The maximum Gasteiger partial charge on any atom is 0.303 e. The highest BCUT2D eigenvalue weighted by atomic mass is 79.9. The van der Waals surface area contributed by atoms with Crippen LogP contribution in [0.3, 0.4) is 0 Å². The second-order valence-corrected chi connectivity index (χ2v) is 6.96. The number of amides is 1. The lowest BCUT2D eigenvalue weighted by Crippen LogP contribution is -2.46. The summed E-state index contributed by atoms with van der Waals surface area (Å²) in [4.78, 5) is 25.6. The summed E-state index contributed by atoms with van der Waals surface area (Å²) in [6, 6.07) is 7.87. The van der Waals surface area contributed by atoms with Gasteiger partial charge in [0.2, 0.25) is 0 Å². The molecule has 2 atom stereocenters. The Bertz CT molecular complexity index is 543. The first kappa shape index (κ1) is 14.6. The summed E-state index contributed by atoms with van der Waals surface area (Å²) in [5.74, 6) is -0.426. The molecule has 0 saturated carbocycles. The van der Waals surface area contributed by atoms with Crippen molar-refractivity contribution in [1.82, 2.24) is 4.90 Å². The number of rotatable bonds is 3. The Morgan fingerprint density at radius 2 is 1.71 bits per heavy atom. The van der Waals surface area contributed by atoms with Crippen molar-refractivity contribution < 1.29 is 14.7 Å². The molecule has 2 heterocycles. The maximum absolute atomic E-state index is 12.7. The SMILES string of the molecule is O=C(O)CC1CC2CCC(C1)N2C(=O)c1ccc(Br)cc1. The molecule has 1 N–H and O–H groups in total. The molecule has 0 spiro atoms. The summed E-state index contributed by atoms with van der Waals surface area (Å²) in [5.41, 5.74) is 0.715. The van der Waals surface area contributed by atoms with Crippen LogP contribution in [0.2, 0.25) is 0 Å². The number of carbonyl (C=O) groups is 2. The number of carbonyl (C=O) groups excluding carboxylic acids is 1. The minimum Gasteiger partial charge on any atom is -0.481 e. The van der Waals surface area contributed by atoms with Crippen LogP contribution in [0.15, 0.2) is 28.7 Å². The summed E-state index contributed by atoms with van der Waals surface area (Å²) < 4.78 is 0.960. The number of carboxylic acids is 1. The van der Waals surface area contributed by atoms with Crippen molar-refractivity contribution in [2.45, 2.75) is 44.2 Å². The molecule has 2 aliphatic heterocycles. The Hall–Kier alpha value is -1.36. The van der Waals surface area contributed by atoms with E-state index in [1.807, 2.05) is 29.2 Å². The summed E-state index contributed by atoms with van der Waals surface area (Å²) in [6.45, 7) is 0. The van der Waals surface area contributed by atoms with Crippen LogP contribution in [0.25, 0.3) is 0 Å². The summed E-state index contributed by atoms with van der Waals surface area (Å²) in [5, 5.41) is 8.95. The third-order valence-corrected chi connectivity index (χ3v) is 5.15. The van der Waals surface area contributed by atoms with E-state index >= 15 is 0 Å². The molecule has 2 saturated heterocycles. The molecule has 1 aromatic rings. The van der Waals surface area contributed by atoms with E-state index in [9.17, 15) is 9.59 Å². The van der Waals surface area contributed by atoms with Crippen LogP contribution in [0, 0.1) is 5.92 Å². The smallest absolute Gasteiger partial charge is 0.303 e. The van der Waals surface area contributed by atoms with Gasteiger partial charge in [0.1, 0.15) is 0 Å². The summed E-state index contributed by atoms with van der Waals surface area (Å²) in [6.07, 6.45) is 3.88. The van der Waals surface area contributed by atoms with E-state index in [1.165, 1.54) is 0 Å². The number of aliphatic carboxylic acids is 1. The minimum absolute atomic E-state index is 0.0868. The number of carboxylic acid groups (broad SMARTS) is 1. The molecular formula is C16H18BrNO3. The van der Waals surface area contributed by atoms with E-state index in [4.69, 9.17) is 5.11 Å². The summed E-state index contributed by atoms with van der Waals surface area (Å²) in [7, 11) is 0. The average molecular weight is 352 g/mol. The topological polar surface area (TPSA) is 57.6 Å². The van der Waals surface area contributed by atoms with Crippen LogP contribution in [-0.4, -0.2) is 34.0 Å². The van der Waals surface area contributed by atoms with Gasteiger partial charge in [0, 0.05) is 28.5 Å². The van der Waals surface area contributed by atoms with Gasteiger partial charge >= 0.3 is 5.97 Å². The predicted molar refractivity (Wildman–Crippen MR) is 82.1 cm³/mol. The fraction of sp³-hybridized carbons (Fsp3) is 0.500. The molecule has 0 aromatic heterocycles. The fourth-order valence-corrected chi connectivity index (χ4v) is 4.04. The first-order chi connectivity index (χ1) is 10.0. The Balaban J connectivity index is 1.74. The van der Waals surface area contributed by atoms with Crippen molar-refractivity contribution in [2.24, 2.45) is 5.92 Å². The number of piperidine rings is 1. The van der Waals surface area contributed by atoms with E-state index in [0.717, 1.165) is 30.2 Å². The van der Waals surface area contributed by atoms with Gasteiger partial charge in [0.05, 0.1) is 0 Å². The summed E-state index contributed by atoms with van der Waals surface area (Å²) >= 11 is 3.38. The average Bonchev–Trinajstić information content (AvgIpc) is 2.70. The van der Waals surface area contributed by atoms with Crippen LogP contribution in [0.1, 0.15) is 42.5 Å². The fourth-order valence-electron chi connectivity index (χ4n) is 3.78. The van der Waals surface area contributed by atoms with E-state index in [1.54, 1.807) is 0 Å². The monoisotopic (exact) mass is 351 g/mol. The van der Waals surface area contributed by atoms with Gasteiger partial charge in [0.25, 0.3) is 5.91 Å². The normalized spacial score (nSPS) is 27.7. The number of benzene rings is 1. The second kappa shape index (κ2) is 5.79. The third-order valence-electron chi connectivity index (χ3n) is 4.62. The second-order valence-electron chi connectivity index (χ2n) is 6.04. The number of nitrogens with zero attached hydrogens (tertiary/aromatic N) is 1. The Kier molecular flexibility index (Phi) is 4.02. The zero-order valence-electron chi connectivity index (χ0n) is 11.7. The number of hydrogen-bond acceptors (Lipinski definition) is 2. The highest BCUT2D eigenvalue weighted by Crippen LogP contribution is 2.40. The van der Waals surface area contributed by atoms with Crippen molar-refractivity contribution >= 4 is 27.8 Å². The maximum atomic E-state index is 12.7. The van der Waals surface area contributed by atoms with Crippen LogP contribution in [0.4, 0.5) is 0 Å². The van der Waals surface area contributed by atoms with Gasteiger partial charge in [-0.15, -0.1) is 0 Å².